The van der Waals surface area contributed by atoms with Crippen LogP contribution in [0.15, 0.2) is 61.2 Å². The second-order valence-electron chi connectivity index (χ2n) is 7.05. The van der Waals surface area contributed by atoms with Crippen molar-refractivity contribution in [3.8, 4) is 0 Å². The fourth-order valence-corrected chi connectivity index (χ4v) is 3.34. The Morgan fingerprint density at radius 3 is 2.48 bits per heavy atom. The van der Waals surface area contributed by atoms with Gasteiger partial charge in [-0.25, -0.2) is 9.97 Å². The molecule has 2 aromatic heterocycles. The number of benzene rings is 1. The van der Waals surface area contributed by atoms with Crippen LogP contribution in [0, 0.1) is 0 Å². The Bertz CT molecular complexity index is 922. The molecule has 1 fully saturated rings. The van der Waals surface area contributed by atoms with Gasteiger partial charge in [0.25, 0.3) is 5.91 Å². The van der Waals surface area contributed by atoms with Crippen LogP contribution in [-0.2, 0) is 6.54 Å². The quantitative estimate of drug-likeness (QED) is 0.672. The molecule has 0 spiro atoms. The Morgan fingerprint density at radius 2 is 1.79 bits per heavy atom. The molecular weight excluding hydrogens is 364 g/mol. The summed E-state index contributed by atoms with van der Waals surface area (Å²) in [5, 5.41) is 6.04. The number of rotatable bonds is 6. The van der Waals surface area contributed by atoms with Crippen LogP contribution >= 0.6 is 0 Å². The summed E-state index contributed by atoms with van der Waals surface area (Å²) in [6, 6.07) is 12.1. The summed E-state index contributed by atoms with van der Waals surface area (Å²) in [6.45, 7) is 2.66. The normalized spacial score (nSPS) is 13.7. The fraction of sp³-hybridized carbons (Fsp3) is 0.273. The first kappa shape index (κ1) is 18.9. The second kappa shape index (κ2) is 9.14. The first-order chi connectivity index (χ1) is 14.3. The van der Waals surface area contributed by atoms with Crippen molar-refractivity contribution in [3.63, 3.8) is 0 Å². The van der Waals surface area contributed by atoms with Crippen molar-refractivity contribution >= 4 is 23.1 Å². The molecular formula is C22H24N6O. The Labute approximate surface area is 170 Å². The molecule has 0 atom stereocenters. The number of aromatic nitrogens is 3. The zero-order valence-corrected chi connectivity index (χ0v) is 16.2. The molecule has 1 amide bonds. The maximum absolute atomic E-state index is 12.2. The summed E-state index contributed by atoms with van der Waals surface area (Å²) in [5.74, 6) is 0.332. The minimum Gasteiger partial charge on any atom is -0.372 e. The van der Waals surface area contributed by atoms with E-state index >= 15 is 0 Å². The number of carbonyl (C=O) groups is 1. The van der Waals surface area contributed by atoms with E-state index in [2.05, 4.69) is 42.6 Å². The van der Waals surface area contributed by atoms with Gasteiger partial charge in [0.05, 0.1) is 12.4 Å². The zero-order valence-electron chi connectivity index (χ0n) is 16.2. The minimum atomic E-state index is -0.265. The van der Waals surface area contributed by atoms with Crippen LogP contribution in [-0.4, -0.2) is 33.9 Å². The molecule has 0 unspecified atom stereocenters. The SMILES string of the molecule is O=C(NCc1cccnc1)c1cnc(Nc2ccc(N3CCCCC3)cc2)cn1. The van der Waals surface area contributed by atoms with Crippen LogP contribution in [0.4, 0.5) is 17.2 Å². The molecule has 0 saturated carbocycles. The van der Waals surface area contributed by atoms with Crippen molar-refractivity contribution < 1.29 is 4.79 Å². The van der Waals surface area contributed by atoms with Crippen LogP contribution in [0.2, 0.25) is 0 Å². The molecule has 7 heteroatoms. The van der Waals surface area contributed by atoms with Crippen molar-refractivity contribution in [3.05, 3.63) is 72.4 Å². The summed E-state index contributed by atoms with van der Waals surface area (Å²) in [5.41, 5.74) is 3.40. The van der Waals surface area contributed by atoms with Crippen molar-refractivity contribution in [2.45, 2.75) is 25.8 Å². The third kappa shape index (κ3) is 5.07. The monoisotopic (exact) mass is 388 g/mol. The molecule has 0 bridgehead atoms. The Hall–Kier alpha value is -3.48. The van der Waals surface area contributed by atoms with Crippen LogP contribution < -0.4 is 15.5 Å². The lowest BCUT2D eigenvalue weighted by Crippen LogP contribution is -2.29. The van der Waals surface area contributed by atoms with Gasteiger partial charge in [0, 0.05) is 43.4 Å². The smallest absolute Gasteiger partial charge is 0.271 e. The Balaban J connectivity index is 1.32. The summed E-state index contributed by atoms with van der Waals surface area (Å²) in [6.07, 6.45) is 10.3. The predicted octanol–water partition coefficient (Wildman–Crippen LogP) is 3.54. The van der Waals surface area contributed by atoms with Crippen LogP contribution in [0.3, 0.4) is 0 Å². The average molecular weight is 388 g/mol. The molecule has 1 aliphatic rings. The number of anilines is 3. The van der Waals surface area contributed by atoms with Crippen molar-refractivity contribution in [1.29, 1.82) is 0 Å². The highest BCUT2D eigenvalue weighted by molar-refractivity contribution is 5.92. The van der Waals surface area contributed by atoms with E-state index in [0.717, 1.165) is 24.3 Å². The van der Waals surface area contributed by atoms with Gasteiger partial charge in [-0.15, -0.1) is 0 Å². The molecule has 148 valence electrons. The van der Waals surface area contributed by atoms with Gasteiger partial charge in [-0.2, -0.15) is 0 Å². The highest BCUT2D eigenvalue weighted by atomic mass is 16.1. The molecule has 0 aliphatic carbocycles. The van der Waals surface area contributed by atoms with Crippen molar-refractivity contribution in [1.82, 2.24) is 20.3 Å². The van der Waals surface area contributed by atoms with E-state index in [1.165, 1.54) is 31.1 Å². The lowest BCUT2D eigenvalue weighted by Gasteiger charge is -2.28. The predicted molar refractivity (Wildman–Crippen MR) is 113 cm³/mol. The van der Waals surface area contributed by atoms with Crippen LogP contribution in [0.5, 0.6) is 0 Å². The maximum atomic E-state index is 12.2. The summed E-state index contributed by atoms with van der Waals surface area (Å²) in [4.78, 5) is 27.2. The Kier molecular flexibility index (Phi) is 5.95. The lowest BCUT2D eigenvalue weighted by atomic mass is 10.1. The van der Waals surface area contributed by atoms with Crippen molar-refractivity contribution in [2.75, 3.05) is 23.3 Å². The Morgan fingerprint density at radius 1 is 0.966 bits per heavy atom. The number of hydrogen-bond donors (Lipinski definition) is 2. The van der Waals surface area contributed by atoms with Gasteiger partial charge in [-0.3, -0.25) is 9.78 Å². The van der Waals surface area contributed by atoms with E-state index in [9.17, 15) is 4.79 Å². The lowest BCUT2D eigenvalue weighted by molar-refractivity contribution is 0.0945. The molecule has 7 nitrogen and oxygen atoms in total. The van der Waals surface area contributed by atoms with E-state index in [1.807, 2.05) is 24.3 Å². The van der Waals surface area contributed by atoms with Crippen LogP contribution in [0.1, 0.15) is 35.3 Å². The molecule has 0 radical (unpaired) electrons. The second-order valence-corrected chi connectivity index (χ2v) is 7.05. The number of hydrogen-bond acceptors (Lipinski definition) is 6. The standard InChI is InChI=1S/C22H24N6O/c29-22(26-14-17-5-4-10-23-13-17)20-15-25-21(16-24-20)27-18-6-8-19(9-7-18)28-11-2-1-3-12-28/h4-10,13,15-16H,1-3,11-12,14H2,(H,25,27)(H,26,29). The first-order valence-corrected chi connectivity index (χ1v) is 9.89. The van der Waals surface area contributed by atoms with Gasteiger partial charge in [-0.1, -0.05) is 6.07 Å². The average Bonchev–Trinajstić information content (AvgIpc) is 2.80. The number of carbonyl (C=O) groups excluding carboxylic acids is 1. The zero-order chi connectivity index (χ0) is 19.9. The third-order valence-electron chi connectivity index (χ3n) is 4.92. The highest BCUT2D eigenvalue weighted by Crippen LogP contribution is 2.23. The highest BCUT2D eigenvalue weighted by Gasteiger charge is 2.11. The largest absolute Gasteiger partial charge is 0.372 e. The summed E-state index contributed by atoms with van der Waals surface area (Å²) < 4.78 is 0. The first-order valence-electron chi connectivity index (χ1n) is 9.89. The van der Waals surface area contributed by atoms with Gasteiger partial charge in [0.1, 0.15) is 11.5 Å². The number of piperidine rings is 1. The molecule has 3 heterocycles. The maximum Gasteiger partial charge on any atom is 0.271 e. The summed E-state index contributed by atoms with van der Waals surface area (Å²) in [7, 11) is 0. The third-order valence-corrected chi connectivity index (χ3v) is 4.92. The molecule has 29 heavy (non-hydrogen) atoms. The van der Waals surface area contributed by atoms with E-state index < -0.39 is 0 Å². The minimum absolute atomic E-state index is 0.265. The molecule has 4 rings (SSSR count). The van der Waals surface area contributed by atoms with E-state index in [4.69, 9.17) is 0 Å². The van der Waals surface area contributed by atoms with Gasteiger partial charge in [0.15, 0.2) is 0 Å². The van der Waals surface area contributed by atoms with Gasteiger partial charge in [-0.05, 0) is 55.2 Å². The summed E-state index contributed by atoms with van der Waals surface area (Å²) >= 11 is 0. The van der Waals surface area contributed by atoms with E-state index in [-0.39, 0.29) is 11.6 Å². The van der Waals surface area contributed by atoms with Crippen LogP contribution in [0.25, 0.3) is 0 Å². The molecule has 2 N–H and O–H groups in total. The number of nitrogens with one attached hydrogen (secondary N) is 2. The number of nitrogens with zero attached hydrogens (tertiary/aromatic N) is 4. The van der Waals surface area contributed by atoms with Gasteiger partial charge in [0.2, 0.25) is 0 Å². The van der Waals surface area contributed by atoms with E-state index in [0.29, 0.717) is 12.4 Å². The molecule has 1 saturated heterocycles. The molecule has 1 aliphatic heterocycles. The number of pyridine rings is 1. The molecule has 3 aromatic rings. The fourth-order valence-electron chi connectivity index (χ4n) is 3.34. The van der Waals surface area contributed by atoms with Gasteiger partial charge >= 0.3 is 0 Å². The number of amides is 1. The van der Waals surface area contributed by atoms with Crippen molar-refractivity contribution in [2.24, 2.45) is 0 Å². The van der Waals surface area contributed by atoms with E-state index in [1.54, 1.807) is 18.6 Å². The van der Waals surface area contributed by atoms with Gasteiger partial charge < -0.3 is 15.5 Å². The molecule has 1 aromatic carbocycles. The topological polar surface area (TPSA) is 83.0 Å².